The van der Waals surface area contributed by atoms with Crippen molar-refractivity contribution in [1.29, 1.82) is 0 Å². The summed E-state index contributed by atoms with van der Waals surface area (Å²) in [6, 6.07) is 6.02. The van der Waals surface area contributed by atoms with Crippen LogP contribution >= 0.6 is 27.3 Å². The molecule has 1 amide bonds. The molecule has 0 unspecified atom stereocenters. The van der Waals surface area contributed by atoms with Crippen molar-refractivity contribution < 1.29 is 4.79 Å². The van der Waals surface area contributed by atoms with Gasteiger partial charge in [0.25, 0.3) is 5.91 Å². The molecule has 3 rings (SSSR count). The highest BCUT2D eigenvalue weighted by Gasteiger charge is 2.16. The van der Waals surface area contributed by atoms with E-state index in [1.165, 1.54) is 16.9 Å². The molecular formula is C14H13BrN4OS. The van der Waals surface area contributed by atoms with E-state index in [-0.39, 0.29) is 5.91 Å². The van der Waals surface area contributed by atoms with Crippen molar-refractivity contribution in [2.75, 3.05) is 5.32 Å². The van der Waals surface area contributed by atoms with Gasteiger partial charge in [0.15, 0.2) is 10.8 Å². The number of rotatable bonds is 3. The van der Waals surface area contributed by atoms with E-state index in [9.17, 15) is 4.79 Å². The van der Waals surface area contributed by atoms with E-state index in [2.05, 4.69) is 37.4 Å². The van der Waals surface area contributed by atoms with E-state index in [1.807, 2.05) is 26.0 Å². The molecule has 2 aromatic heterocycles. The zero-order valence-electron chi connectivity index (χ0n) is 11.6. The quantitative estimate of drug-likeness (QED) is 0.767. The molecule has 0 bridgehead atoms. The van der Waals surface area contributed by atoms with Gasteiger partial charge in [-0.15, -0.1) is 0 Å². The molecule has 0 aliphatic rings. The maximum atomic E-state index is 12.3. The number of anilines is 1. The third kappa shape index (κ3) is 2.84. The lowest BCUT2D eigenvalue weighted by molar-refractivity contribution is 0.102. The number of hydrogen-bond donors (Lipinski definition) is 1. The molecule has 108 valence electrons. The maximum absolute atomic E-state index is 12.3. The Morgan fingerprint density at radius 1 is 1.48 bits per heavy atom. The van der Waals surface area contributed by atoms with Gasteiger partial charge < -0.3 is 0 Å². The Labute approximate surface area is 134 Å². The molecule has 1 aromatic carbocycles. The summed E-state index contributed by atoms with van der Waals surface area (Å²) >= 11 is 4.81. The first-order valence-electron chi connectivity index (χ1n) is 6.48. The van der Waals surface area contributed by atoms with Gasteiger partial charge in [-0.25, -0.2) is 4.98 Å². The summed E-state index contributed by atoms with van der Waals surface area (Å²) < 4.78 is 3.45. The monoisotopic (exact) mass is 364 g/mol. The smallest absolute Gasteiger partial charge is 0.279 e. The van der Waals surface area contributed by atoms with E-state index in [0.29, 0.717) is 21.8 Å². The molecule has 3 aromatic rings. The zero-order chi connectivity index (χ0) is 15.0. The van der Waals surface area contributed by atoms with Gasteiger partial charge in [0.05, 0.1) is 14.7 Å². The van der Waals surface area contributed by atoms with Gasteiger partial charge >= 0.3 is 0 Å². The average Bonchev–Trinajstić information content (AvgIpc) is 3.00. The highest BCUT2D eigenvalue weighted by atomic mass is 79.9. The van der Waals surface area contributed by atoms with Crippen molar-refractivity contribution >= 4 is 48.5 Å². The number of halogens is 1. The first kappa shape index (κ1) is 14.2. The van der Waals surface area contributed by atoms with Crippen LogP contribution in [0, 0.1) is 6.92 Å². The second kappa shape index (κ2) is 5.57. The lowest BCUT2D eigenvalue weighted by atomic mass is 10.2. The van der Waals surface area contributed by atoms with Gasteiger partial charge in [0.1, 0.15) is 0 Å². The Kier molecular flexibility index (Phi) is 3.77. The van der Waals surface area contributed by atoms with Crippen molar-refractivity contribution in [3.8, 4) is 0 Å². The third-order valence-electron chi connectivity index (χ3n) is 3.02. The predicted molar refractivity (Wildman–Crippen MR) is 87.9 cm³/mol. The molecule has 21 heavy (non-hydrogen) atoms. The van der Waals surface area contributed by atoms with Gasteiger partial charge in [0.2, 0.25) is 0 Å². The Morgan fingerprint density at radius 2 is 2.29 bits per heavy atom. The van der Waals surface area contributed by atoms with Crippen LogP contribution in [-0.4, -0.2) is 20.7 Å². The Balaban J connectivity index is 1.87. The fraction of sp³-hybridized carbons (Fsp3) is 0.214. The first-order valence-corrected chi connectivity index (χ1v) is 8.09. The molecular weight excluding hydrogens is 352 g/mol. The number of aryl methyl sites for hydroxylation is 2. The van der Waals surface area contributed by atoms with Gasteiger partial charge in [-0.2, -0.15) is 5.10 Å². The number of amides is 1. The summed E-state index contributed by atoms with van der Waals surface area (Å²) in [4.78, 5) is 16.7. The highest BCUT2D eigenvalue weighted by molar-refractivity contribution is 9.10. The summed E-state index contributed by atoms with van der Waals surface area (Å²) in [5, 5.41) is 7.62. The van der Waals surface area contributed by atoms with Crippen molar-refractivity contribution in [3.63, 3.8) is 0 Å². The van der Waals surface area contributed by atoms with Crippen LogP contribution in [0.1, 0.15) is 23.0 Å². The number of nitrogens with one attached hydrogen (secondary N) is 1. The largest absolute Gasteiger partial charge is 0.296 e. The van der Waals surface area contributed by atoms with Crippen LogP contribution < -0.4 is 5.32 Å². The number of aromatic nitrogens is 3. The third-order valence-corrected chi connectivity index (χ3v) is 4.53. The van der Waals surface area contributed by atoms with Crippen molar-refractivity contribution in [3.05, 3.63) is 40.1 Å². The first-order chi connectivity index (χ1) is 10.1. The molecule has 0 saturated carbocycles. The second-order valence-corrected chi connectivity index (χ2v) is 6.51. The number of thiazole rings is 1. The summed E-state index contributed by atoms with van der Waals surface area (Å²) in [5.41, 5.74) is 2.43. The van der Waals surface area contributed by atoms with Crippen LogP contribution in [0.4, 0.5) is 5.13 Å². The van der Waals surface area contributed by atoms with E-state index >= 15 is 0 Å². The number of fused-ring (bicyclic) bond motifs is 1. The highest BCUT2D eigenvalue weighted by Crippen LogP contribution is 2.27. The topological polar surface area (TPSA) is 59.8 Å². The fourth-order valence-electron chi connectivity index (χ4n) is 1.95. The van der Waals surface area contributed by atoms with Crippen molar-refractivity contribution in [1.82, 2.24) is 14.8 Å². The van der Waals surface area contributed by atoms with E-state index in [1.54, 1.807) is 10.9 Å². The van der Waals surface area contributed by atoms with Crippen molar-refractivity contribution in [2.24, 2.45) is 0 Å². The fourth-order valence-corrected chi connectivity index (χ4v) is 3.41. The van der Waals surface area contributed by atoms with Gasteiger partial charge in [-0.1, -0.05) is 17.4 Å². The average molecular weight is 365 g/mol. The van der Waals surface area contributed by atoms with Gasteiger partial charge in [0, 0.05) is 12.7 Å². The number of nitrogens with zero attached hydrogens (tertiary/aromatic N) is 3. The van der Waals surface area contributed by atoms with Crippen LogP contribution in [0.25, 0.3) is 10.2 Å². The summed E-state index contributed by atoms with van der Waals surface area (Å²) in [7, 11) is 0. The van der Waals surface area contributed by atoms with Crippen LogP contribution in [0.2, 0.25) is 0 Å². The standard InChI is InChI=1S/C14H13BrN4OS/c1-3-19-7-9(15)12(18-19)13(20)17-14-16-10-5-4-8(2)6-11(10)21-14/h4-7H,3H2,1-2H3,(H,16,17,20). The minimum Gasteiger partial charge on any atom is -0.296 e. The number of carbonyl (C=O) groups excluding carboxylic acids is 1. The molecule has 7 heteroatoms. The summed E-state index contributed by atoms with van der Waals surface area (Å²) in [6.45, 7) is 4.72. The van der Waals surface area contributed by atoms with Crippen molar-refractivity contribution in [2.45, 2.75) is 20.4 Å². The molecule has 5 nitrogen and oxygen atoms in total. The van der Waals surface area contributed by atoms with Gasteiger partial charge in [-0.05, 0) is 47.5 Å². The molecule has 1 N–H and O–H groups in total. The lowest BCUT2D eigenvalue weighted by Gasteiger charge is -1.98. The van der Waals surface area contributed by atoms with Crippen LogP contribution in [0.15, 0.2) is 28.9 Å². The van der Waals surface area contributed by atoms with Crippen LogP contribution in [0.5, 0.6) is 0 Å². The van der Waals surface area contributed by atoms with Crippen LogP contribution in [-0.2, 0) is 6.54 Å². The molecule has 0 spiro atoms. The Bertz CT molecular complexity index is 824. The molecule has 0 saturated heterocycles. The number of carbonyl (C=O) groups is 1. The predicted octanol–water partition coefficient (Wildman–Crippen LogP) is 3.84. The minimum atomic E-state index is -0.259. The minimum absolute atomic E-state index is 0.259. The maximum Gasteiger partial charge on any atom is 0.279 e. The lowest BCUT2D eigenvalue weighted by Crippen LogP contribution is -2.13. The molecule has 0 aliphatic heterocycles. The molecule has 0 aliphatic carbocycles. The molecule has 0 fully saturated rings. The molecule has 0 atom stereocenters. The molecule has 2 heterocycles. The van der Waals surface area contributed by atoms with E-state index in [0.717, 1.165) is 10.2 Å². The molecule has 0 radical (unpaired) electrons. The summed E-state index contributed by atoms with van der Waals surface area (Å²) in [6.07, 6.45) is 1.79. The Morgan fingerprint density at radius 3 is 3.00 bits per heavy atom. The summed E-state index contributed by atoms with van der Waals surface area (Å²) in [5.74, 6) is -0.259. The number of benzene rings is 1. The van der Waals surface area contributed by atoms with E-state index in [4.69, 9.17) is 0 Å². The second-order valence-electron chi connectivity index (χ2n) is 4.63. The van der Waals surface area contributed by atoms with E-state index < -0.39 is 0 Å². The van der Waals surface area contributed by atoms with Crippen LogP contribution in [0.3, 0.4) is 0 Å². The Hall–Kier alpha value is -1.73. The SMILES string of the molecule is CCn1cc(Br)c(C(=O)Nc2nc3ccc(C)cc3s2)n1. The van der Waals surface area contributed by atoms with Gasteiger partial charge in [-0.3, -0.25) is 14.8 Å². The number of hydrogen-bond acceptors (Lipinski definition) is 4. The normalized spacial score (nSPS) is 11.0. The zero-order valence-corrected chi connectivity index (χ0v) is 14.0.